The summed E-state index contributed by atoms with van der Waals surface area (Å²) in [7, 11) is 0. The number of aryl methyl sites for hydroxylation is 1. The summed E-state index contributed by atoms with van der Waals surface area (Å²) in [5.74, 6) is -0.515. The molecule has 3 heteroatoms. The van der Waals surface area contributed by atoms with Crippen LogP contribution in [0, 0.1) is 12.7 Å². The third-order valence-corrected chi connectivity index (χ3v) is 2.42. The molecule has 0 saturated carbocycles. The minimum atomic E-state index is -0.515. The van der Waals surface area contributed by atoms with Crippen LogP contribution in [-0.4, -0.2) is 11.3 Å². The van der Waals surface area contributed by atoms with E-state index in [1.165, 1.54) is 6.07 Å². The van der Waals surface area contributed by atoms with Crippen LogP contribution in [0.2, 0.25) is 0 Å². The molecule has 0 aliphatic heterocycles. The zero-order valence-corrected chi connectivity index (χ0v) is 8.77. The van der Waals surface area contributed by atoms with Gasteiger partial charge in [-0.1, -0.05) is 12.1 Å². The minimum Gasteiger partial charge on any atom is -0.298 e. The molecule has 0 atom stereocenters. The predicted molar refractivity (Wildman–Crippen MR) is 59.8 cm³/mol. The second kappa shape index (κ2) is 4.23. The second-order valence-corrected chi connectivity index (χ2v) is 3.50. The van der Waals surface area contributed by atoms with Gasteiger partial charge in [0.25, 0.3) is 0 Å². The van der Waals surface area contributed by atoms with Gasteiger partial charge in [-0.2, -0.15) is 0 Å². The molecular weight excluding hydrogens is 205 g/mol. The van der Waals surface area contributed by atoms with E-state index < -0.39 is 5.82 Å². The van der Waals surface area contributed by atoms with Gasteiger partial charge in [-0.25, -0.2) is 4.39 Å². The van der Waals surface area contributed by atoms with Crippen LogP contribution in [0.25, 0.3) is 11.3 Å². The van der Waals surface area contributed by atoms with Gasteiger partial charge in [0.05, 0.1) is 11.3 Å². The molecule has 1 heterocycles. The molecule has 2 nitrogen and oxygen atoms in total. The normalized spacial score (nSPS) is 10.1. The van der Waals surface area contributed by atoms with E-state index in [-0.39, 0.29) is 5.56 Å². The third kappa shape index (κ3) is 1.72. The van der Waals surface area contributed by atoms with Crippen LogP contribution in [0.3, 0.4) is 0 Å². The highest BCUT2D eigenvalue weighted by Gasteiger charge is 2.11. The van der Waals surface area contributed by atoms with E-state index in [2.05, 4.69) is 4.98 Å². The molecule has 0 spiro atoms. The van der Waals surface area contributed by atoms with Crippen LogP contribution in [0.1, 0.15) is 15.9 Å². The summed E-state index contributed by atoms with van der Waals surface area (Å²) in [6.07, 6.45) is 2.12. The maximum absolute atomic E-state index is 13.9. The number of carbonyl (C=O) groups is 1. The topological polar surface area (TPSA) is 30.0 Å². The Balaban J connectivity index is 2.65. The van der Waals surface area contributed by atoms with Crippen LogP contribution < -0.4 is 0 Å². The molecule has 0 fully saturated rings. The highest BCUT2D eigenvalue weighted by Crippen LogP contribution is 2.24. The van der Waals surface area contributed by atoms with Crippen molar-refractivity contribution in [1.82, 2.24) is 4.98 Å². The fourth-order valence-corrected chi connectivity index (χ4v) is 1.59. The van der Waals surface area contributed by atoms with Crippen LogP contribution in [0.4, 0.5) is 4.39 Å². The number of aromatic nitrogens is 1. The molecule has 0 aliphatic rings. The molecule has 0 bridgehead atoms. The van der Waals surface area contributed by atoms with E-state index in [0.29, 0.717) is 17.5 Å². The fraction of sp³-hybridized carbons (Fsp3) is 0.0769. The highest BCUT2D eigenvalue weighted by atomic mass is 19.1. The van der Waals surface area contributed by atoms with Crippen molar-refractivity contribution in [2.24, 2.45) is 0 Å². The monoisotopic (exact) mass is 215 g/mol. The maximum atomic E-state index is 13.9. The lowest BCUT2D eigenvalue weighted by Crippen LogP contribution is -1.95. The number of nitrogens with zero attached hydrogens (tertiary/aromatic N) is 1. The largest absolute Gasteiger partial charge is 0.298 e. The van der Waals surface area contributed by atoms with Gasteiger partial charge in [-0.05, 0) is 30.7 Å². The average molecular weight is 215 g/mol. The van der Waals surface area contributed by atoms with Crippen molar-refractivity contribution in [2.45, 2.75) is 6.92 Å². The van der Waals surface area contributed by atoms with E-state index in [1.54, 1.807) is 24.4 Å². The predicted octanol–water partition coefficient (Wildman–Crippen LogP) is 3.01. The van der Waals surface area contributed by atoms with Crippen LogP contribution >= 0.6 is 0 Å². The van der Waals surface area contributed by atoms with Gasteiger partial charge in [0.1, 0.15) is 5.82 Å². The van der Waals surface area contributed by atoms with Crippen molar-refractivity contribution in [3.63, 3.8) is 0 Å². The van der Waals surface area contributed by atoms with Gasteiger partial charge < -0.3 is 0 Å². The van der Waals surface area contributed by atoms with Crippen molar-refractivity contribution >= 4 is 6.29 Å². The first-order valence-electron chi connectivity index (χ1n) is 4.89. The molecule has 1 aromatic carbocycles. The number of carbonyl (C=O) groups excluding carboxylic acids is 1. The van der Waals surface area contributed by atoms with Gasteiger partial charge in [-0.3, -0.25) is 9.78 Å². The van der Waals surface area contributed by atoms with Gasteiger partial charge in [0.15, 0.2) is 6.29 Å². The Labute approximate surface area is 92.8 Å². The maximum Gasteiger partial charge on any atom is 0.153 e. The highest BCUT2D eigenvalue weighted by molar-refractivity contribution is 5.79. The molecule has 2 rings (SSSR count). The third-order valence-electron chi connectivity index (χ3n) is 2.42. The number of benzene rings is 1. The minimum absolute atomic E-state index is 0.0579. The summed E-state index contributed by atoms with van der Waals surface area (Å²) in [4.78, 5) is 14.8. The Morgan fingerprint density at radius 3 is 2.75 bits per heavy atom. The molecule has 1 aromatic heterocycles. The average Bonchev–Trinajstić information content (AvgIpc) is 2.31. The van der Waals surface area contributed by atoms with E-state index in [9.17, 15) is 9.18 Å². The first-order valence-corrected chi connectivity index (χ1v) is 4.89. The Morgan fingerprint density at radius 2 is 2.06 bits per heavy atom. The van der Waals surface area contributed by atoms with E-state index in [4.69, 9.17) is 0 Å². The molecule has 0 unspecified atom stereocenters. The van der Waals surface area contributed by atoms with E-state index in [0.717, 1.165) is 5.56 Å². The van der Waals surface area contributed by atoms with Crippen molar-refractivity contribution in [3.05, 3.63) is 53.5 Å². The van der Waals surface area contributed by atoms with Crippen LogP contribution in [0.15, 0.2) is 36.5 Å². The molecule has 0 radical (unpaired) electrons. The summed E-state index contributed by atoms with van der Waals surface area (Å²) >= 11 is 0. The summed E-state index contributed by atoms with van der Waals surface area (Å²) in [6, 6.07) is 8.37. The Morgan fingerprint density at radius 1 is 1.25 bits per heavy atom. The van der Waals surface area contributed by atoms with Gasteiger partial charge in [-0.15, -0.1) is 0 Å². The molecule has 0 saturated heterocycles. The Hall–Kier alpha value is -2.03. The van der Waals surface area contributed by atoms with E-state index >= 15 is 0 Å². The van der Waals surface area contributed by atoms with Crippen molar-refractivity contribution in [2.75, 3.05) is 0 Å². The van der Waals surface area contributed by atoms with Gasteiger partial charge in [0, 0.05) is 11.8 Å². The SMILES string of the molecule is Cc1cccnc1-c1cccc(C=O)c1F. The molecule has 0 aliphatic carbocycles. The number of aldehydes is 1. The van der Waals surface area contributed by atoms with Gasteiger partial charge in [0.2, 0.25) is 0 Å². The number of hydrogen-bond donors (Lipinski definition) is 0. The zero-order chi connectivity index (χ0) is 11.5. The number of halogens is 1. The standard InChI is InChI=1S/C13H10FNO/c1-9-4-3-7-15-13(9)11-6-2-5-10(8-16)12(11)14/h2-8H,1H3. The van der Waals surface area contributed by atoms with Gasteiger partial charge >= 0.3 is 0 Å². The Kier molecular flexibility index (Phi) is 2.77. The summed E-state index contributed by atoms with van der Waals surface area (Å²) in [5, 5.41) is 0. The molecule has 2 aromatic rings. The summed E-state index contributed by atoms with van der Waals surface area (Å²) in [5.41, 5.74) is 1.87. The number of pyridine rings is 1. The lowest BCUT2D eigenvalue weighted by molar-refractivity contribution is 0.112. The summed E-state index contributed by atoms with van der Waals surface area (Å²) < 4.78 is 13.9. The van der Waals surface area contributed by atoms with Crippen molar-refractivity contribution in [3.8, 4) is 11.3 Å². The van der Waals surface area contributed by atoms with Crippen LogP contribution in [-0.2, 0) is 0 Å². The zero-order valence-electron chi connectivity index (χ0n) is 8.77. The lowest BCUT2D eigenvalue weighted by Gasteiger charge is -2.06. The Bertz CT molecular complexity index is 537. The molecule has 16 heavy (non-hydrogen) atoms. The molecular formula is C13H10FNO. The second-order valence-electron chi connectivity index (χ2n) is 3.50. The van der Waals surface area contributed by atoms with E-state index in [1.807, 2.05) is 13.0 Å². The number of rotatable bonds is 2. The van der Waals surface area contributed by atoms with Crippen molar-refractivity contribution < 1.29 is 9.18 Å². The lowest BCUT2D eigenvalue weighted by atomic mass is 10.0. The quantitative estimate of drug-likeness (QED) is 0.721. The fourth-order valence-electron chi connectivity index (χ4n) is 1.59. The molecule has 0 amide bonds. The van der Waals surface area contributed by atoms with Crippen molar-refractivity contribution in [1.29, 1.82) is 0 Å². The first-order chi connectivity index (χ1) is 7.74. The molecule has 80 valence electrons. The summed E-state index contributed by atoms with van der Waals surface area (Å²) in [6.45, 7) is 1.86. The smallest absolute Gasteiger partial charge is 0.153 e. The number of hydrogen-bond acceptors (Lipinski definition) is 2. The van der Waals surface area contributed by atoms with Crippen LogP contribution in [0.5, 0.6) is 0 Å². The molecule has 0 N–H and O–H groups in total. The first kappa shape index (κ1) is 10.5.